The molecule has 0 spiro atoms. The van der Waals surface area contributed by atoms with Crippen molar-refractivity contribution in [2.24, 2.45) is 0 Å². The summed E-state index contributed by atoms with van der Waals surface area (Å²) >= 11 is 0. The molecule has 0 N–H and O–H groups in total. The molecule has 0 saturated heterocycles. The van der Waals surface area contributed by atoms with Crippen LogP contribution < -0.4 is 0 Å². The van der Waals surface area contributed by atoms with Gasteiger partial charge in [-0.15, -0.1) is 17.2 Å². The summed E-state index contributed by atoms with van der Waals surface area (Å²) in [5.41, 5.74) is 11.4. The van der Waals surface area contributed by atoms with Gasteiger partial charge in [-0.2, -0.15) is 0 Å². The highest BCUT2D eigenvalue weighted by Crippen LogP contribution is 2.47. The van der Waals surface area contributed by atoms with E-state index in [1.807, 2.05) is 0 Å². The quantitative estimate of drug-likeness (QED) is 0.221. The molecule has 0 nitrogen and oxygen atoms in total. The van der Waals surface area contributed by atoms with Gasteiger partial charge in [-0.1, -0.05) is 89.7 Å². The van der Waals surface area contributed by atoms with Crippen molar-refractivity contribution in [3.05, 3.63) is 17.5 Å². The van der Waals surface area contributed by atoms with Crippen molar-refractivity contribution >= 4 is 16.1 Å². The van der Waals surface area contributed by atoms with Gasteiger partial charge in [0.05, 0.1) is 0 Å². The zero-order chi connectivity index (χ0) is 20.9. The molecule has 0 heterocycles. The molecule has 0 atom stereocenters. The lowest BCUT2D eigenvalue weighted by Gasteiger charge is -2.44. The fourth-order valence-electron chi connectivity index (χ4n) is 6.13. The van der Waals surface area contributed by atoms with Gasteiger partial charge >= 0.3 is 0 Å². The van der Waals surface area contributed by atoms with E-state index < -0.39 is 16.1 Å². The minimum atomic E-state index is -1.68. The molecule has 0 aromatic heterocycles. The molecular formula is C24H46Si2. The molecule has 0 bridgehead atoms. The molecule has 0 aliphatic carbocycles. The van der Waals surface area contributed by atoms with Crippen LogP contribution in [0.5, 0.6) is 0 Å². The Balaban J connectivity index is 6.12. The highest BCUT2D eigenvalue weighted by molar-refractivity contribution is 6.91. The largest absolute Gasteiger partial charge is 0.145 e. The lowest BCUT2D eigenvalue weighted by molar-refractivity contribution is 0.819. The molecule has 150 valence electrons. The van der Waals surface area contributed by atoms with Crippen molar-refractivity contribution < 1.29 is 0 Å². The van der Waals surface area contributed by atoms with E-state index in [1.54, 1.807) is 0 Å². The van der Waals surface area contributed by atoms with E-state index in [4.69, 9.17) is 0 Å². The maximum absolute atomic E-state index is 4.11. The van der Waals surface area contributed by atoms with Gasteiger partial charge in [0, 0.05) is 6.42 Å². The Bertz CT molecular complexity index is 503. The van der Waals surface area contributed by atoms with Crippen LogP contribution in [0.1, 0.15) is 89.5 Å². The predicted octanol–water partition coefficient (Wildman–Crippen LogP) is 8.53. The predicted molar refractivity (Wildman–Crippen MR) is 127 cm³/mol. The van der Waals surface area contributed by atoms with Gasteiger partial charge in [-0.05, 0) is 38.4 Å². The number of rotatable bonds is 8. The summed E-state index contributed by atoms with van der Waals surface area (Å²) in [6.07, 6.45) is 0.880. The van der Waals surface area contributed by atoms with Crippen LogP contribution in [0.4, 0.5) is 0 Å². The van der Waals surface area contributed by atoms with Crippen molar-refractivity contribution in [2.45, 2.75) is 123 Å². The fourth-order valence-corrected chi connectivity index (χ4v) is 18.2. The first-order valence-corrected chi connectivity index (χ1v) is 15.2. The Labute approximate surface area is 168 Å². The van der Waals surface area contributed by atoms with E-state index in [1.165, 1.54) is 5.20 Å². The molecule has 2 heteroatoms. The highest BCUT2D eigenvalue weighted by atomic mass is 28.3. The maximum Gasteiger partial charge on any atom is 0.145 e. The van der Waals surface area contributed by atoms with Gasteiger partial charge in [0.1, 0.15) is 16.1 Å². The number of hydrogen-bond donors (Lipinski definition) is 0. The standard InChI is InChI=1S/C24H46Si2/c1-14-24(26(21(8)9,22(10)11)23(12)13)16-15-17-25(18(2)3,19(4)5)20(6)7/h18-23H,1,16H2,2-13H3. The van der Waals surface area contributed by atoms with Crippen molar-refractivity contribution in [1.82, 2.24) is 0 Å². The Morgan fingerprint density at radius 1 is 0.654 bits per heavy atom. The van der Waals surface area contributed by atoms with E-state index in [-0.39, 0.29) is 0 Å². The van der Waals surface area contributed by atoms with Gasteiger partial charge in [0.25, 0.3) is 0 Å². The monoisotopic (exact) mass is 390 g/mol. The van der Waals surface area contributed by atoms with Crippen molar-refractivity contribution in [2.75, 3.05) is 0 Å². The molecule has 0 fully saturated rings. The molecular weight excluding hydrogens is 344 g/mol. The first kappa shape index (κ1) is 25.5. The second kappa shape index (κ2) is 10.2. The summed E-state index contributed by atoms with van der Waals surface area (Å²) < 4.78 is 0. The Hall–Kier alpha value is -0.486. The third-order valence-electron chi connectivity index (χ3n) is 7.04. The number of allylic oxidation sites excluding steroid dienone is 1. The third kappa shape index (κ3) is 4.67. The van der Waals surface area contributed by atoms with E-state index in [9.17, 15) is 0 Å². The molecule has 0 aromatic carbocycles. The molecule has 0 aliphatic heterocycles. The summed E-state index contributed by atoms with van der Waals surface area (Å²) in [6, 6.07) is 0. The minimum Gasteiger partial charge on any atom is -0.133 e. The van der Waals surface area contributed by atoms with Gasteiger partial charge in [0.2, 0.25) is 0 Å². The van der Waals surface area contributed by atoms with E-state index in [2.05, 4.69) is 107 Å². The molecule has 0 rings (SSSR count). The molecule has 0 radical (unpaired) electrons. The van der Waals surface area contributed by atoms with Crippen LogP contribution in [0.2, 0.25) is 33.2 Å². The summed E-state index contributed by atoms with van der Waals surface area (Å²) in [5.74, 6) is 3.70. The van der Waals surface area contributed by atoms with Gasteiger partial charge in [-0.3, -0.25) is 0 Å². The first-order chi connectivity index (χ1) is 11.8. The zero-order valence-corrected chi connectivity index (χ0v) is 21.9. The zero-order valence-electron chi connectivity index (χ0n) is 19.9. The van der Waals surface area contributed by atoms with Crippen molar-refractivity contribution in [3.63, 3.8) is 0 Å². The third-order valence-corrected chi connectivity index (χ3v) is 20.5. The molecule has 0 aliphatic rings. The fraction of sp³-hybridized carbons (Fsp3) is 0.792. The van der Waals surface area contributed by atoms with Gasteiger partial charge < -0.3 is 0 Å². The second-order valence-electron chi connectivity index (χ2n) is 9.93. The van der Waals surface area contributed by atoms with Crippen LogP contribution in [0.3, 0.4) is 0 Å². The average molecular weight is 391 g/mol. The van der Waals surface area contributed by atoms with Crippen molar-refractivity contribution in [1.29, 1.82) is 0 Å². The number of hydrogen-bond acceptors (Lipinski definition) is 0. The molecule has 0 aromatic rings. The second-order valence-corrected chi connectivity index (χ2v) is 21.4. The van der Waals surface area contributed by atoms with E-state index in [0.29, 0.717) is 33.2 Å². The van der Waals surface area contributed by atoms with E-state index >= 15 is 0 Å². The molecule has 0 saturated carbocycles. The summed E-state index contributed by atoms with van der Waals surface area (Å²) in [6.45, 7) is 32.9. The topological polar surface area (TPSA) is 0 Å². The molecule has 0 amide bonds. The Kier molecular flexibility index (Phi) is 9.98. The molecule has 26 heavy (non-hydrogen) atoms. The first-order valence-electron chi connectivity index (χ1n) is 10.7. The van der Waals surface area contributed by atoms with Crippen LogP contribution in [-0.4, -0.2) is 16.1 Å². The Morgan fingerprint density at radius 2 is 1.00 bits per heavy atom. The van der Waals surface area contributed by atoms with Gasteiger partial charge in [-0.25, -0.2) is 0 Å². The summed E-state index contributed by atoms with van der Waals surface area (Å²) in [7, 11) is -3.33. The smallest absolute Gasteiger partial charge is 0.133 e. The minimum absolute atomic E-state index is 0.688. The average Bonchev–Trinajstić information content (AvgIpc) is 2.47. The lowest BCUT2D eigenvalue weighted by atomic mass is 10.4. The van der Waals surface area contributed by atoms with E-state index in [0.717, 1.165) is 6.42 Å². The SMILES string of the molecule is C=C=C(CC#C[Si](C(C)C)(C(C)C)C(C)C)[Si](C(C)C)(C(C)C)C(C)C. The van der Waals surface area contributed by atoms with Crippen LogP contribution in [0.15, 0.2) is 17.5 Å². The van der Waals surface area contributed by atoms with Crippen molar-refractivity contribution in [3.8, 4) is 11.5 Å². The van der Waals surface area contributed by atoms with Crippen LogP contribution in [0.25, 0.3) is 0 Å². The van der Waals surface area contributed by atoms with Crippen LogP contribution in [0, 0.1) is 11.5 Å². The highest BCUT2D eigenvalue weighted by Gasteiger charge is 2.46. The van der Waals surface area contributed by atoms with Crippen LogP contribution in [-0.2, 0) is 0 Å². The molecule has 0 unspecified atom stereocenters. The normalized spacial score (nSPS) is 13.0. The Morgan fingerprint density at radius 3 is 1.23 bits per heavy atom. The van der Waals surface area contributed by atoms with Gasteiger partial charge in [0.15, 0.2) is 0 Å². The summed E-state index contributed by atoms with van der Waals surface area (Å²) in [4.78, 5) is 0. The van der Waals surface area contributed by atoms with Crippen LogP contribution >= 0.6 is 0 Å². The maximum atomic E-state index is 4.11. The summed E-state index contributed by atoms with van der Waals surface area (Å²) in [5, 5.41) is 1.46. The lowest BCUT2D eigenvalue weighted by Crippen LogP contribution is -2.46.